The first-order chi connectivity index (χ1) is 13.4. The van der Waals surface area contributed by atoms with Crippen LogP contribution < -0.4 is 10.6 Å². The van der Waals surface area contributed by atoms with Gasteiger partial charge in [-0.15, -0.1) is 0 Å². The number of likely N-dealkylation sites (N-methyl/N-ethyl adjacent to an activating group) is 1. The second-order valence-electron chi connectivity index (χ2n) is 8.47. The van der Waals surface area contributed by atoms with Gasteiger partial charge in [-0.05, 0) is 51.3 Å². The van der Waals surface area contributed by atoms with Crippen LogP contribution in [0.5, 0.6) is 0 Å². The van der Waals surface area contributed by atoms with Crippen molar-refractivity contribution in [3.8, 4) is 0 Å². The molecule has 152 valence electrons. The molecule has 2 N–H and O–H groups in total. The second kappa shape index (κ2) is 7.70. The van der Waals surface area contributed by atoms with Gasteiger partial charge >= 0.3 is 0 Å². The Balaban J connectivity index is 1.36. The van der Waals surface area contributed by atoms with Gasteiger partial charge < -0.3 is 15.5 Å². The third-order valence-corrected chi connectivity index (χ3v) is 6.39. The van der Waals surface area contributed by atoms with Crippen molar-refractivity contribution in [2.45, 2.75) is 57.2 Å². The van der Waals surface area contributed by atoms with Crippen LogP contribution in [0.1, 0.15) is 36.8 Å². The molecule has 0 radical (unpaired) electrons. The van der Waals surface area contributed by atoms with E-state index in [1.54, 1.807) is 6.07 Å². The van der Waals surface area contributed by atoms with E-state index in [0.29, 0.717) is 18.5 Å². The minimum atomic E-state index is -0.434. The van der Waals surface area contributed by atoms with Crippen molar-refractivity contribution in [2.75, 3.05) is 32.0 Å². The molecular formula is C21H29FN4O2. The highest BCUT2D eigenvalue weighted by molar-refractivity contribution is 5.88. The van der Waals surface area contributed by atoms with Gasteiger partial charge in [0.25, 0.3) is 0 Å². The molecular weight excluding hydrogens is 359 g/mol. The van der Waals surface area contributed by atoms with Crippen LogP contribution in [0.25, 0.3) is 0 Å². The molecule has 28 heavy (non-hydrogen) atoms. The number of nitrogens with zero attached hydrogens (tertiary/aromatic N) is 2. The molecule has 1 unspecified atom stereocenters. The predicted molar refractivity (Wildman–Crippen MR) is 106 cm³/mol. The SMILES string of the molecule is Cc1ccc(F)c2c1NC(C(=O)N[C@@H]1CCC[C@H](N3CCN(C)CC3=O)C1)C2. The van der Waals surface area contributed by atoms with Crippen molar-refractivity contribution in [3.05, 3.63) is 29.1 Å². The molecule has 1 saturated carbocycles. The van der Waals surface area contributed by atoms with E-state index in [2.05, 4.69) is 10.6 Å². The van der Waals surface area contributed by atoms with E-state index in [0.717, 1.165) is 50.0 Å². The third-order valence-electron chi connectivity index (χ3n) is 6.39. The van der Waals surface area contributed by atoms with Crippen molar-refractivity contribution in [1.82, 2.24) is 15.1 Å². The molecule has 2 fully saturated rings. The number of amides is 2. The largest absolute Gasteiger partial charge is 0.373 e. The maximum absolute atomic E-state index is 14.1. The van der Waals surface area contributed by atoms with E-state index in [4.69, 9.17) is 0 Å². The molecule has 3 aliphatic rings. The van der Waals surface area contributed by atoms with Crippen molar-refractivity contribution in [3.63, 3.8) is 0 Å². The number of aryl methyl sites for hydroxylation is 1. The quantitative estimate of drug-likeness (QED) is 0.827. The monoisotopic (exact) mass is 388 g/mol. The zero-order valence-electron chi connectivity index (χ0n) is 16.6. The van der Waals surface area contributed by atoms with E-state index in [-0.39, 0.29) is 29.7 Å². The molecule has 2 heterocycles. The van der Waals surface area contributed by atoms with Crippen molar-refractivity contribution < 1.29 is 14.0 Å². The summed E-state index contributed by atoms with van der Waals surface area (Å²) >= 11 is 0. The van der Waals surface area contributed by atoms with E-state index in [1.165, 1.54) is 6.07 Å². The van der Waals surface area contributed by atoms with Crippen LogP contribution in [0.4, 0.5) is 10.1 Å². The average molecular weight is 388 g/mol. The highest BCUT2D eigenvalue weighted by Crippen LogP contribution is 2.32. The Morgan fingerprint density at radius 1 is 1.29 bits per heavy atom. The zero-order valence-corrected chi connectivity index (χ0v) is 16.6. The summed E-state index contributed by atoms with van der Waals surface area (Å²) in [5.41, 5.74) is 2.31. The lowest BCUT2D eigenvalue weighted by Gasteiger charge is -2.41. The third kappa shape index (κ3) is 3.72. The first kappa shape index (κ1) is 19.2. The first-order valence-electron chi connectivity index (χ1n) is 10.2. The van der Waals surface area contributed by atoms with Crippen LogP contribution in [-0.4, -0.2) is 66.4 Å². The molecule has 0 bridgehead atoms. The minimum absolute atomic E-state index is 0.0650. The standard InChI is InChI=1S/C21H29FN4O2/c1-13-6-7-17(22)16-11-18(24-20(13)16)21(28)23-14-4-3-5-15(10-14)26-9-8-25(2)12-19(26)27/h6-7,14-15,18,24H,3-5,8-12H2,1-2H3,(H,23,28)/t14-,15+,18?/m1/s1. The summed E-state index contributed by atoms with van der Waals surface area (Å²) < 4.78 is 14.1. The number of piperazine rings is 1. The van der Waals surface area contributed by atoms with Crippen LogP contribution in [0, 0.1) is 12.7 Å². The summed E-state index contributed by atoms with van der Waals surface area (Å²) in [6.07, 6.45) is 4.11. The number of halogens is 1. The van der Waals surface area contributed by atoms with Crippen LogP contribution in [-0.2, 0) is 16.0 Å². The average Bonchev–Trinajstić information content (AvgIpc) is 3.12. The fourth-order valence-electron chi connectivity index (χ4n) is 4.80. The minimum Gasteiger partial charge on any atom is -0.373 e. The number of hydrogen-bond donors (Lipinski definition) is 2. The lowest BCUT2D eigenvalue weighted by atomic mass is 9.89. The van der Waals surface area contributed by atoms with Gasteiger partial charge in [-0.2, -0.15) is 0 Å². The predicted octanol–water partition coefficient (Wildman–Crippen LogP) is 1.67. The lowest BCUT2D eigenvalue weighted by molar-refractivity contribution is -0.139. The fraction of sp³-hybridized carbons (Fsp3) is 0.619. The van der Waals surface area contributed by atoms with Crippen LogP contribution in [0.15, 0.2) is 12.1 Å². The smallest absolute Gasteiger partial charge is 0.243 e. The van der Waals surface area contributed by atoms with Gasteiger partial charge in [0.1, 0.15) is 11.9 Å². The van der Waals surface area contributed by atoms with Gasteiger partial charge in [-0.1, -0.05) is 6.07 Å². The normalized spacial score (nSPS) is 28.0. The number of benzene rings is 1. The molecule has 1 aromatic rings. The Labute approximate surface area is 165 Å². The maximum atomic E-state index is 14.1. The lowest BCUT2D eigenvalue weighted by Crippen LogP contribution is -2.56. The van der Waals surface area contributed by atoms with Gasteiger partial charge in [-0.3, -0.25) is 14.5 Å². The Kier molecular flexibility index (Phi) is 5.27. The number of rotatable bonds is 3. The molecule has 7 heteroatoms. The number of nitrogens with one attached hydrogen (secondary N) is 2. The highest BCUT2D eigenvalue weighted by atomic mass is 19.1. The van der Waals surface area contributed by atoms with Crippen molar-refractivity contribution in [1.29, 1.82) is 0 Å². The molecule has 1 aromatic carbocycles. The molecule has 1 aliphatic carbocycles. The number of carbonyl (C=O) groups is 2. The van der Waals surface area contributed by atoms with Gasteiger partial charge in [0.15, 0.2) is 0 Å². The fourth-order valence-corrected chi connectivity index (χ4v) is 4.80. The Morgan fingerprint density at radius 3 is 2.86 bits per heavy atom. The van der Waals surface area contributed by atoms with Crippen LogP contribution in [0.2, 0.25) is 0 Å². The molecule has 2 amide bonds. The number of anilines is 1. The maximum Gasteiger partial charge on any atom is 0.243 e. The number of fused-ring (bicyclic) bond motifs is 1. The van der Waals surface area contributed by atoms with Gasteiger partial charge in [-0.25, -0.2) is 4.39 Å². The van der Waals surface area contributed by atoms with E-state index >= 15 is 0 Å². The van der Waals surface area contributed by atoms with Crippen LogP contribution in [0.3, 0.4) is 0 Å². The summed E-state index contributed by atoms with van der Waals surface area (Å²) in [6, 6.07) is 3.04. The Morgan fingerprint density at radius 2 is 2.11 bits per heavy atom. The van der Waals surface area contributed by atoms with E-state index < -0.39 is 6.04 Å². The van der Waals surface area contributed by atoms with Crippen molar-refractivity contribution >= 4 is 17.5 Å². The zero-order chi connectivity index (χ0) is 19.8. The van der Waals surface area contributed by atoms with Crippen LogP contribution >= 0.6 is 0 Å². The van der Waals surface area contributed by atoms with Gasteiger partial charge in [0.2, 0.25) is 11.8 Å². The summed E-state index contributed by atoms with van der Waals surface area (Å²) in [7, 11) is 1.97. The summed E-state index contributed by atoms with van der Waals surface area (Å²) in [6.45, 7) is 4.06. The van der Waals surface area contributed by atoms with Gasteiger partial charge in [0, 0.05) is 42.8 Å². The first-order valence-corrected chi connectivity index (χ1v) is 10.2. The molecule has 0 spiro atoms. The summed E-state index contributed by atoms with van der Waals surface area (Å²) in [5, 5.41) is 6.35. The number of hydrogen-bond acceptors (Lipinski definition) is 4. The molecule has 4 rings (SSSR count). The van der Waals surface area contributed by atoms with E-state index in [1.807, 2.05) is 23.8 Å². The molecule has 3 atom stereocenters. The molecule has 2 aliphatic heterocycles. The molecule has 0 aromatic heterocycles. The summed E-state index contributed by atoms with van der Waals surface area (Å²) in [4.78, 5) is 29.2. The summed E-state index contributed by atoms with van der Waals surface area (Å²) in [5.74, 6) is -0.148. The highest BCUT2D eigenvalue weighted by Gasteiger charge is 2.35. The Bertz CT molecular complexity index is 753. The van der Waals surface area contributed by atoms with E-state index in [9.17, 15) is 14.0 Å². The van der Waals surface area contributed by atoms with Gasteiger partial charge in [0.05, 0.1) is 6.54 Å². The topological polar surface area (TPSA) is 64.7 Å². The Hall–Kier alpha value is -2.15. The number of carbonyl (C=O) groups excluding carboxylic acids is 2. The molecule has 1 saturated heterocycles. The second-order valence-corrected chi connectivity index (χ2v) is 8.47. The van der Waals surface area contributed by atoms with Crippen molar-refractivity contribution in [2.24, 2.45) is 0 Å². The molecule has 6 nitrogen and oxygen atoms in total.